The van der Waals surface area contributed by atoms with Crippen molar-refractivity contribution in [1.82, 2.24) is 10.3 Å². The Morgan fingerprint density at radius 2 is 2.06 bits per heavy atom. The van der Waals surface area contributed by atoms with Crippen LogP contribution >= 0.6 is 0 Å². The second kappa shape index (κ2) is 5.96. The number of carbonyl (C=O) groups excluding carboxylic acids is 1. The predicted molar refractivity (Wildman–Crippen MR) is 71.1 cm³/mol. The fourth-order valence-electron chi connectivity index (χ4n) is 1.56. The van der Waals surface area contributed by atoms with Crippen molar-refractivity contribution in [2.24, 2.45) is 0 Å². The van der Waals surface area contributed by atoms with Crippen LogP contribution in [0, 0.1) is 0 Å². The lowest BCUT2D eigenvalue weighted by Gasteiger charge is -2.24. The highest BCUT2D eigenvalue weighted by Crippen LogP contribution is 2.13. The van der Waals surface area contributed by atoms with Crippen molar-refractivity contribution in [2.75, 3.05) is 0 Å². The number of ether oxygens (including phenoxy) is 1. The molecular weight excluding hydrogens is 228 g/mol. The Kier molecular flexibility index (Phi) is 4.84. The van der Waals surface area contributed by atoms with Gasteiger partial charge in [-0.1, -0.05) is 6.07 Å². The molecule has 0 fully saturated rings. The molecule has 0 bridgehead atoms. The standard InChI is InChI=1S/C14H22N2O2/c1-10(12-7-6-8-15-9-12)16-11(2)13(17)18-14(3,4)5/h6-11,16H,1-5H3. The van der Waals surface area contributed by atoms with Gasteiger partial charge in [0.15, 0.2) is 0 Å². The number of aromatic nitrogens is 1. The Morgan fingerprint density at radius 1 is 1.39 bits per heavy atom. The van der Waals surface area contributed by atoms with E-state index in [1.54, 1.807) is 19.3 Å². The van der Waals surface area contributed by atoms with E-state index in [-0.39, 0.29) is 18.1 Å². The number of carbonyl (C=O) groups is 1. The Bertz CT molecular complexity index is 385. The van der Waals surface area contributed by atoms with Crippen LogP contribution in [0.3, 0.4) is 0 Å². The van der Waals surface area contributed by atoms with Crippen LogP contribution < -0.4 is 5.32 Å². The minimum Gasteiger partial charge on any atom is -0.459 e. The highest BCUT2D eigenvalue weighted by molar-refractivity contribution is 5.75. The number of pyridine rings is 1. The maximum Gasteiger partial charge on any atom is 0.323 e. The van der Waals surface area contributed by atoms with Crippen LogP contribution in [0.5, 0.6) is 0 Å². The van der Waals surface area contributed by atoms with Gasteiger partial charge < -0.3 is 4.74 Å². The molecule has 1 N–H and O–H groups in total. The second-order valence-electron chi connectivity index (χ2n) is 5.43. The molecule has 100 valence electrons. The summed E-state index contributed by atoms with van der Waals surface area (Å²) in [5.41, 5.74) is 0.595. The average molecular weight is 250 g/mol. The Hall–Kier alpha value is -1.42. The predicted octanol–water partition coefficient (Wildman–Crippen LogP) is 2.46. The molecule has 0 aliphatic heterocycles. The third-order valence-electron chi connectivity index (χ3n) is 2.44. The largest absolute Gasteiger partial charge is 0.459 e. The van der Waals surface area contributed by atoms with Crippen molar-refractivity contribution >= 4 is 5.97 Å². The molecule has 1 heterocycles. The van der Waals surface area contributed by atoms with Crippen molar-refractivity contribution in [3.05, 3.63) is 30.1 Å². The van der Waals surface area contributed by atoms with Gasteiger partial charge in [0.05, 0.1) is 0 Å². The van der Waals surface area contributed by atoms with Crippen molar-refractivity contribution in [3.63, 3.8) is 0 Å². The first-order valence-electron chi connectivity index (χ1n) is 6.18. The zero-order chi connectivity index (χ0) is 13.8. The maximum atomic E-state index is 11.8. The molecule has 0 saturated carbocycles. The van der Waals surface area contributed by atoms with Crippen LogP contribution in [0.15, 0.2) is 24.5 Å². The number of hydrogen-bond donors (Lipinski definition) is 1. The van der Waals surface area contributed by atoms with Gasteiger partial charge in [0.25, 0.3) is 0 Å². The SMILES string of the molecule is CC(NC(C)c1cccnc1)C(=O)OC(C)(C)C. The van der Waals surface area contributed by atoms with Gasteiger partial charge in [-0.05, 0) is 46.2 Å². The summed E-state index contributed by atoms with van der Waals surface area (Å²) in [5, 5.41) is 3.20. The average Bonchev–Trinajstić information content (AvgIpc) is 2.27. The Balaban J connectivity index is 2.55. The quantitative estimate of drug-likeness (QED) is 0.834. The van der Waals surface area contributed by atoms with Crippen molar-refractivity contribution in [3.8, 4) is 0 Å². The summed E-state index contributed by atoms with van der Waals surface area (Å²) in [6.07, 6.45) is 3.52. The van der Waals surface area contributed by atoms with Crippen molar-refractivity contribution < 1.29 is 9.53 Å². The van der Waals surface area contributed by atoms with Gasteiger partial charge >= 0.3 is 5.97 Å². The van der Waals surface area contributed by atoms with E-state index in [1.165, 1.54) is 0 Å². The van der Waals surface area contributed by atoms with Crippen molar-refractivity contribution in [2.45, 2.75) is 52.3 Å². The summed E-state index contributed by atoms with van der Waals surface area (Å²) in [4.78, 5) is 15.9. The van der Waals surface area contributed by atoms with Gasteiger partial charge in [-0.3, -0.25) is 15.1 Å². The Labute approximate surface area is 109 Å². The summed E-state index contributed by atoms with van der Waals surface area (Å²) in [5.74, 6) is -0.238. The highest BCUT2D eigenvalue weighted by Gasteiger charge is 2.22. The molecule has 0 saturated heterocycles. The van der Waals surface area contributed by atoms with E-state index < -0.39 is 5.60 Å². The van der Waals surface area contributed by atoms with E-state index in [2.05, 4.69) is 10.3 Å². The lowest BCUT2D eigenvalue weighted by atomic mass is 10.1. The molecule has 0 aromatic carbocycles. The van der Waals surface area contributed by atoms with E-state index in [0.717, 1.165) is 5.56 Å². The number of nitrogens with zero attached hydrogens (tertiary/aromatic N) is 1. The topological polar surface area (TPSA) is 51.2 Å². The summed E-state index contributed by atoms with van der Waals surface area (Å²) in [6, 6.07) is 3.57. The molecule has 0 amide bonds. The van der Waals surface area contributed by atoms with Gasteiger partial charge in [0, 0.05) is 18.4 Å². The third-order valence-corrected chi connectivity index (χ3v) is 2.44. The molecule has 1 aromatic heterocycles. The minimum atomic E-state index is -0.454. The number of nitrogens with one attached hydrogen (secondary N) is 1. The number of hydrogen-bond acceptors (Lipinski definition) is 4. The Morgan fingerprint density at radius 3 is 2.56 bits per heavy atom. The molecule has 1 aromatic rings. The highest BCUT2D eigenvalue weighted by atomic mass is 16.6. The van der Waals surface area contributed by atoms with Gasteiger partial charge in [-0.25, -0.2) is 0 Å². The molecule has 0 radical (unpaired) electrons. The molecule has 2 atom stereocenters. The molecule has 4 nitrogen and oxygen atoms in total. The summed E-state index contributed by atoms with van der Waals surface area (Å²) < 4.78 is 5.32. The number of esters is 1. The van der Waals surface area contributed by atoms with Gasteiger partial charge in [0.2, 0.25) is 0 Å². The fourth-order valence-corrected chi connectivity index (χ4v) is 1.56. The summed E-state index contributed by atoms with van der Waals surface area (Å²) >= 11 is 0. The molecule has 1 rings (SSSR count). The van der Waals surface area contributed by atoms with Gasteiger partial charge in [-0.15, -0.1) is 0 Å². The fraction of sp³-hybridized carbons (Fsp3) is 0.571. The maximum absolute atomic E-state index is 11.8. The van der Waals surface area contributed by atoms with E-state index in [9.17, 15) is 4.79 Å². The number of rotatable bonds is 4. The molecule has 18 heavy (non-hydrogen) atoms. The monoisotopic (exact) mass is 250 g/mol. The molecule has 0 aliphatic carbocycles. The molecular formula is C14H22N2O2. The van der Waals surface area contributed by atoms with E-state index in [0.29, 0.717) is 0 Å². The zero-order valence-electron chi connectivity index (χ0n) is 11.7. The van der Waals surface area contributed by atoms with E-state index >= 15 is 0 Å². The lowest BCUT2D eigenvalue weighted by Crippen LogP contribution is -2.40. The second-order valence-corrected chi connectivity index (χ2v) is 5.43. The molecule has 0 spiro atoms. The molecule has 0 aliphatic rings. The van der Waals surface area contributed by atoms with Crippen LogP contribution in [0.4, 0.5) is 0 Å². The summed E-state index contributed by atoms with van der Waals surface area (Å²) in [6.45, 7) is 9.39. The van der Waals surface area contributed by atoms with E-state index in [4.69, 9.17) is 4.74 Å². The minimum absolute atomic E-state index is 0.0567. The molecule has 4 heteroatoms. The van der Waals surface area contributed by atoms with Crippen LogP contribution in [-0.2, 0) is 9.53 Å². The van der Waals surface area contributed by atoms with Crippen LogP contribution in [0.1, 0.15) is 46.2 Å². The van der Waals surface area contributed by atoms with Crippen LogP contribution in [-0.4, -0.2) is 22.6 Å². The summed E-state index contributed by atoms with van der Waals surface area (Å²) in [7, 11) is 0. The van der Waals surface area contributed by atoms with E-state index in [1.807, 2.05) is 39.8 Å². The normalized spacial score (nSPS) is 14.9. The zero-order valence-corrected chi connectivity index (χ0v) is 11.7. The molecule has 2 unspecified atom stereocenters. The third kappa shape index (κ3) is 4.84. The van der Waals surface area contributed by atoms with Gasteiger partial charge in [-0.2, -0.15) is 0 Å². The first-order valence-corrected chi connectivity index (χ1v) is 6.18. The lowest BCUT2D eigenvalue weighted by molar-refractivity contribution is -0.157. The first kappa shape index (κ1) is 14.6. The first-order chi connectivity index (χ1) is 8.29. The van der Waals surface area contributed by atoms with Crippen LogP contribution in [0.2, 0.25) is 0 Å². The van der Waals surface area contributed by atoms with Gasteiger partial charge in [0.1, 0.15) is 11.6 Å². The van der Waals surface area contributed by atoms with Crippen molar-refractivity contribution in [1.29, 1.82) is 0 Å². The van der Waals surface area contributed by atoms with Crippen LogP contribution in [0.25, 0.3) is 0 Å². The smallest absolute Gasteiger partial charge is 0.323 e.